The first-order chi connectivity index (χ1) is 35.8. The van der Waals surface area contributed by atoms with E-state index >= 15 is 0 Å². The van der Waals surface area contributed by atoms with Crippen molar-refractivity contribution in [2.75, 3.05) is 4.90 Å². The van der Waals surface area contributed by atoms with Crippen molar-refractivity contribution in [1.82, 2.24) is 4.57 Å². The molecular weight excluding hydrogens is 899 g/mol. The van der Waals surface area contributed by atoms with Gasteiger partial charge in [0.25, 0.3) is 0 Å². The summed E-state index contributed by atoms with van der Waals surface area (Å²) in [5.41, 5.74) is 15.9. The number of hydrogen-bond donors (Lipinski definition) is 0. The van der Waals surface area contributed by atoms with Crippen LogP contribution in [-0.2, 0) is 0 Å². The fourth-order valence-electron chi connectivity index (χ4n) is 13.7. The second kappa shape index (κ2) is 16.3. The summed E-state index contributed by atoms with van der Waals surface area (Å²) in [6.07, 6.45) is 0. The number of fused-ring (bicyclic) bond motifs is 11. The van der Waals surface area contributed by atoms with Crippen LogP contribution >= 0.6 is 0 Å². The highest BCUT2D eigenvalue weighted by Crippen LogP contribution is 2.42. The van der Waals surface area contributed by atoms with Crippen LogP contribution in [0.4, 0.5) is 17.1 Å². The third-order valence-corrected chi connectivity index (χ3v) is 24.5. The van der Waals surface area contributed by atoms with Crippen molar-refractivity contribution in [3.8, 4) is 5.69 Å². The minimum absolute atomic E-state index is 0.0102. The summed E-state index contributed by atoms with van der Waals surface area (Å²) >= 11 is 0. The molecule has 6 heteroatoms. The van der Waals surface area contributed by atoms with Crippen molar-refractivity contribution < 1.29 is 0 Å². The average Bonchev–Trinajstić information content (AvgIpc) is 3.80. The number of aromatic nitrogens is 1. The topological polar surface area (TPSA) is 8.17 Å². The fraction of sp³-hybridized carbons (Fsp3) is 0. The Morgan fingerprint density at radius 1 is 0.347 bits per heavy atom. The van der Waals surface area contributed by atoms with Crippen LogP contribution in [0, 0.1) is 0 Å². The van der Waals surface area contributed by atoms with E-state index in [4.69, 9.17) is 0 Å². The Morgan fingerprint density at radius 3 is 1.60 bits per heavy atom. The molecule has 334 valence electrons. The van der Waals surface area contributed by atoms with Gasteiger partial charge >= 0.3 is 0 Å². The van der Waals surface area contributed by atoms with E-state index in [1.165, 1.54) is 114 Å². The molecule has 0 aliphatic carbocycles. The maximum Gasteiger partial charge on any atom is 0.247 e. The van der Waals surface area contributed by atoms with Crippen LogP contribution in [0.3, 0.4) is 0 Å². The lowest BCUT2D eigenvalue weighted by Gasteiger charge is -2.50. The van der Waals surface area contributed by atoms with Crippen LogP contribution in [-0.4, -0.2) is 34.9 Å². The Morgan fingerprint density at radius 2 is 0.903 bits per heavy atom. The predicted molar refractivity (Wildman–Crippen MR) is 314 cm³/mol. The second-order valence-corrected chi connectivity index (χ2v) is 26.3. The molecule has 1 aromatic heterocycles. The molecule has 3 aliphatic rings. The third kappa shape index (κ3) is 5.79. The SMILES string of the molecule is c1ccc(-n2c3ccccc3c3c4c(ccc32)N2c3ccccc3B(c3ccccc3[SiH](c3ccccc3)c3ccccc3)c3ccc5c(c32)B4c2ccccc2[Si]5(c2ccccc2)c2ccccc2)cc1. The van der Waals surface area contributed by atoms with Crippen molar-refractivity contribution in [1.29, 1.82) is 0 Å². The van der Waals surface area contributed by atoms with E-state index in [0.29, 0.717) is 0 Å². The molecule has 0 atom stereocenters. The summed E-state index contributed by atoms with van der Waals surface area (Å²) in [4.78, 5) is 2.72. The van der Waals surface area contributed by atoms with Crippen molar-refractivity contribution in [3.05, 3.63) is 273 Å². The van der Waals surface area contributed by atoms with E-state index in [2.05, 4.69) is 282 Å². The standard InChI is InChI=1S/C66H46B2N2Si2/c1-6-24-46(25-7-1)69-56-38-20-16-34-51(56)63-58(69)43-44-59-64(63)68-54-37-19-23-41-61(54)72(49-30-12-4-13-31-49,50-32-14-5-15-33-50)62-45-42-55-66(65(62)68)70(59)57-39-21-17-35-52(57)67(55)53-36-18-22-40-60(53)71(47-26-8-2-9-27-47)48-28-10-3-11-29-48/h1-45,71H. The molecule has 0 amide bonds. The zero-order valence-corrected chi connectivity index (χ0v) is 41.8. The Hall–Kier alpha value is -8.42. The minimum Gasteiger partial charge on any atom is -0.313 e. The number of nitrogens with zero attached hydrogens (tertiary/aromatic N) is 2. The van der Waals surface area contributed by atoms with Gasteiger partial charge in [-0.15, -0.1) is 0 Å². The summed E-state index contributed by atoms with van der Waals surface area (Å²) in [6.45, 7) is -0.0508. The Balaban J connectivity index is 1.10. The van der Waals surface area contributed by atoms with Gasteiger partial charge in [-0.1, -0.05) is 263 Å². The first kappa shape index (κ1) is 41.4. The van der Waals surface area contributed by atoms with Crippen LogP contribution in [0.1, 0.15) is 0 Å². The maximum atomic E-state index is 2.72. The first-order valence-electron chi connectivity index (χ1n) is 25.4. The predicted octanol–water partition coefficient (Wildman–Crippen LogP) is 5.85. The summed E-state index contributed by atoms with van der Waals surface area (Å²) in [5.74, 6) is 0. The first-order valence-corrected chi connectivity index (χ1v) is 29.1. The number of anilines is 3. The van der Waals surface area contributed by atoms with E-state index in [1.54, 1.807) is 0 Å². The average molecular weight is 945 g/mol. The van der Waals surface area contributed by atoms with Gasteiger partial charge in [0.05, 0.1) is 11.0 Å². The molecule has 0 N–H and O–H groups in total. The lowest BCUT2D eigenvalue weighted by atomic mass is 9.30. The molecule has 12 aromatic rings. The molecule has 15 rings (SSSR count). The van der Waals surface area contributed by atoms with Crippen molar-refractivity contribution in [2.45, 2.75) is 0 Å². The molecule has 0 fully saturated rings. The monoisotopic (exact) mass is 944 g/mol. The van der Waals surface area contributed by atoms with Crippen LogP contribution in [0.25, 0.3) is 27.5 Å². The Bertz CT molecular complexity index is 3990. The normalized spacial score (nSPS) is 13.7. The Kier molecular flexibility index (Phi) is 9.38. The number of para-hydroxylation sites is 3. The molecule has 2 nitrogen and oxygen atoms in total. The third-order valence-electron chi connectivity index (χ3n) is 16.3. The van der Waals surface area contributed by atoms with E-state index in [-0.39, 0.29) is 13.4 Å². The zero-order chi connectivity index (χ0) is 47.3. The fourth-order valence-corrected chi connectivity index (χ4v) is 22.2. The number of benzene rings is 11. The molecule has 0 radical (unpaired) electrons. The van der Waals surface area contributed by atoms with E-state index in [1.807, 2.05) is 0 Å². The number of hydrogen-bond acceptors (Lipinski definition) is 1. The lowest BCUT2D eigenvalue weighted by Crippen LogP contribution is -2.88. The largest absolute Gasteiger partial charge is 0.313 e. The van der Waals surface area contributed by atoms with Gasteiger partial charge < -0.3 is 9.47 Å². The van der Waals surface area contributed by atoms with E-state index < -0.39 is 16.9 Å². The van der Waals surface area contributed by atoms with Crippen molar-refractivity contribution in [3.63, 3.8) is 0 Å². The van der Waals surface area contributed by atoms with Gasteiger partial charge in [0.1, 0.15) is 8.80 Å². The highest BCUT2D eigenvalue weighted by molar-refractivity contribution is 7.27. The smallest absolute Gasteiger partial charge is 0.247 e. The van der Waals surface area contributed by atoms with Gasteiger partial charge in [-0.3, -0.25) is 0 Å². The van der Waals surface area contributed by atoms with Gasteiger partial charge in [-0.05, 0) is 79.0 Å². The number of rotatable bonds is 7. The Labute approximate surface area is 423 Å². The molecule has 4 heterocycles. The molecule has 0 saturated carbocycles. The summed E-state index contributed by atoms with van der Waals surface area (Å²) in [7, 11) is -4.97. The van der Waals surface area contributed by atoms with Gasteiger partial charge in [0.2, 0.25) is 13.4 Å². The summed E-state index contributed by atoms with van der Waals surface area (Å²) in [6, 6.07) is 104. The van der Waals surface area contributed by atoms with Gasteiger partial charge in [0, 0.05) is 33.5 Å². The maximum absolute atomic E-state index is 3.00. The van der Waals surface area contributed by atoms with Crippen LogP contribution in [0.2, 0.25) is 0 Å². The molecule has 0 unspecified atom stereocenters. The van der Waals surface area contributed by atoms with Gasteiger partial charge in [-0.25, -0.2) is 0 Å². The highest BCUT2D eigenvalue weighted by atomic mass is 28.3. The molecule has 11 aromatic carbocycles. The molecule has 0 saturated heterocycles. The van der Waals surface area contributed by atoms with E-state index in [0.717, 1.165) is 0 Å². The van der Waals surface area contributed by atoms with Crippen LogP contribution in [0.15, 0.2) is 273 Å². The molecule has 72 heavy (non-hydrogen) atoms. The van der Waals surface area contributed by atoms with Gasteiger partial charge in [0.15, 0.2) is 8.07 Å². The second-order valence-electron chi connectivity index (χ2n) is 19.8. The lowest BCUT2D eigenvalue weighted by molar-refractivity contribution is 1.18. The quantitative estimate of drug-likeness (QED) is 0.144. The zero-order valence-electron chi connectivity index (χ0n) is 39.6. The van der Waals surface area contributed by atoms with Crippen LogP contribution in [0.5, 0.6) is 0 Å². The molecular formula is C66H46B2N2Si2. The van der Waals surface area contributed by atoms with Crippen molar-refractivity contribution >= 4 is 138 Å². The minimum atomic E-state index is -3.00. The van der Waals surface area contributed by atoms with Gasteiger partial charge in [-0.2, -0.15) is 0 Å². The van der Waals surface area contributed by atoms with Crippen molar-refractivity contribution in [2.24, 2.45) is 0 Å². The molecule has 0 spiro atoms. The summed E-state index contributed by atoms with van der Waals surface area (Å²) < 4.78 is 2.50. The molecule has 0 bridgehead atoms. The molecule has 3 aliphatic heterocycles. The van der Waals surface area contributed by atoms with Crippen LogP contribution < -0.4 is 74.0 Å². The summed E-state index contributed by atoms with van der Waals surface area (Å²) in [5, 5.41) is 12.7. The highest BCUT2D eigenvalue weighted by Gasteiger charge is 2.55. The van der Waals surface area contributed by atoms with E-state index in [9.17, 15) is 0 Å².